The fourth-order valence-corrected chi connectivity index (χ4v) is 2.54. The number of carbonyl (C=O) groups excluding carboxylic acids is 2. The van der Waals surface area contributed by atoms with Gasteiger partial charge in [0.15, 0.2) is 0 Å². The molecule has 7 heteroatoms. The number of ether oxygens (including phenoxy) is 1. The molecule has 1 aliphatic rings. The van der Waals surface area contributed by atoms with Gasteiger partial charge in [-0.1, -0.05) is 0 Å². The molecular weight excluding hydrogens is 254 g/mol. The Kier molecular flexibility index (Phi) is 4.29. The lowest BCUT2D eigenvalue weighted by Crippen LogP contribution is -2.41. The van der Waals surface area contributed by atoms with Crippen LogP contribution in [0.4, 0.5) is 5.00 Å². The van der Waals surface area contributed by atoms with Crippen LogP contribution in [0.25, 0.3) is 0 Å². The van der Waals surface area contributed by atoms with Crippen LogP contribution in [0.3, 0.4) is 0 Å². The Bertz CT molecular complexity index is 440. The number of amides is 2. The van der Waals surface area contributed by atoms with E-state index >= 15 is 0 Å². The van der Waals surface area contributed by atoms with Gasteiger partial charge in [0.2, 0.25) is 5.91 Å². The summed E-state index contributed by atoms with van der Waals surface area (Å²) < 4.78 is 5.21. The molecule has 3 N–H and O–H groups in total. The van der Waals surface area contributed by atoms with Crippen molar-refractivity contribution in [1.82, 2.24) is 4.90 Å². The molecule has 1 saturated heterocycles. The van der Waals surface area contributed by atoms with Crippen LogP contribution in [0.15, 0.2) is 11.4 Å². The summed E-state index contributed by atoms with van der Waals surface area (Å²) in [6, 6.07) is 1.61. The third kappa shape index (κ3) is 3.28. The van der Waals surface area contributed by atoms with Crippen molar-refractivity contribution in [1.29, 1.82) is 0 Å². The van der Waals surface area contributed by atoms with Crippen molar-refractivity contribution in [2.45, 2.75) is 0 Å². The summed E-state index contributed by atoms with van der Waals surface area (Å²) in [6.07, 6.45) is 0. The van der Waals surface area contributed by atoms with Crippen LogP contribution in [0.2, 0.25) is 0 Å². The number of carbonyl (C=O) groups is 2. The van der Waals surface area contributed by atoms with E-state index in [0.717, 1.165) is 13.1 Å². The number of morpholine rings is 1. The van der Waals surface area contributed by atoms with Crippen molar-refractivity contribution in [3.05, 3.63) is 17.0 Å². The van der Waals surface area contributed by atoms with E-state index in [0.29, 0.717) is 30.3 Å². The molecule has 0 atom stereocenters. The standard InChI is InChI=1S/C11H15N3O3S/c12-10(16)8-1-6-18-11(8)13-9(15)7-14-2-4-17-5-3-14/h1,6H,2-5,7H2,(H2,12,16)(H,13,15). The summed E-state index contributed by atoms with van der Waals surface area (Å²) >= 11 is 1.29. The largest absolute Gasteiger partial charge is 0.379 e. The minimum atomic E-state index is -0.530. The molecule has 0 saturated carbocycles. The zero-order valence-electron chi connectivity index (χ0n) is 9.85. The van der Waals surface area contributed by atoms with Crippen LogP contribution in [-0.4, -0.2) is 49.6 Å². The molecule has 1 aromatic heterocycles. The number of hydrogen-bond donors (Lipinski definition) is 2. The monoisotopic (exact) mass is 269 g/mol. The van der Waals surface area contributed by atoms with Gasteiger partial charge in [-0.3, -0.25) is 14.5 Å². The highest BCUT2D eigenvalue weighted by molar-refractivity contribution is 7.14. The molecule has 0 aliphatic carbocycles. The van der Waals surface area contributed by atoms with Crippen molar-refractivity contribution in [3.8, 4) is 0 Å². The highest BCUT2D eigenvalue weighted by Crippen LogP contribution is 2.22. The Balaban J connectivity index is 1.90. The number of thiophene rings is 1. The van der Waals surface area contributed by atoms with E-state index in [1.165, 1.54) is 11.3 Å². The van der Waals surface area contributed by atoms with E-state index in [1.807, 2.05) is 4.90 Å². The lowest BCUT2D eigenvalue weighted by Gasteiger charge is -2.25. The average Bonchev–Trinajstić information content (AvgIpc) is 2.78. The molecule has 1 aliphatic heterocycles. The Labute approximate surface area is 109 Å². The SMILES string of the molecule is NC(=O)c1ccsc1NC(=O)CN1CCOCC1. The van der Waals surface area contributed by atoms with Crippen LogP contribution >= 0.6 is 11.3 Å². The van der Waals surface area contributed by atoms with Gasteiger partial charge in [0.1, 0.15) is 5.00 Å². The maximum atomic E-state index is 11.8. The lowest BCUT2D eigenvalue weighted by atomic mass is 10.3. The van der Waals surface area contributed by atoms with Crippen molar-refractivity contribution in [2.75, 3.05) is 38.2 Å². The van der Waals surface area contributed by atoms with Gasteiger partial charge in [-0.05, 0) is 11.4 Å². The number of nitrogens with one attached hydrogen (secondary N) is 1. The molecule has 2 amide bonds. The van der Waals surface area contributed by atoms with Crippen molar-refractivity contribution in [2.24, 2.45) is 5.73 Å². The van der Waals surface area contributed by atoms with Gasteiger partial charge < -0.3 is 15.8 Å². The third-order valence-corrected chi connectivity index (χ3v) is 3.48. The van der Waals surface area contributed by atoms with Crippen LogP contribution in [-0.2, 0) is 9.53 Å². The van der Waals surface area contributed by atoms with Gasteiger partial charge >= 0.3 is 0 Å². The number of hydrogen-bond acceptors (Lipinski definition) is 5. The fourth-order valence-electron chi connectivity index (χ4n) is 1.73. The molecule has 18 heavy (non-hydrogen) atoms. The first-order chi connectivity index (χ1) is 8.66. The number of nitrogens with zero attached hydrogens (tertiary/aromatic N) is 1. The Morgan fingerprint density at radius 2 is 2.17 bits per heavy atom. The summed E-state index contributed by atoms with van der Waals surface area (Å²) in [5.41, 5.74) is 5.57. The molecule has 0 spiro atoms. The van der Waals surface area contributed by atoms with E-state index < -0.39 is 5.91 Å². The second-order valence-corrected chi connectivity index (χ2v) is 4.88. The average molecular weight is 269 g/mol. The van der Waals surface area contributed by atoms with E-state index in [1.54, 1.807) is 11.4 Å². The number of nitrogens with two attached hydrogens (primary N) is 1. The van der Waals surface area contributed by atoms with Gasteiger partial charge in [-0.15, -0.1) is 11.3 Å². The van der Waals surface area contributed by atoms with Crippen molar-refractivity contribution >= 4 is 28.2 Å². The van der Waals surface area contributed by atoms with Gasteiger partial charge in [-0.2, -0.15) is 0 Å². The number of anilines is 1. The highest BCUT2D eigenvalue weighted by atomic mass is 32.1. The summed E-state index contributed by atoms with van der Waals surface area (Å²) in [5, 5.41) is 4.96. The van der Waals surface area contributed by atoms with Crippen LogP contribution in [0, 0.1) is 0 Å². The molecule has 1 aromatic rings. The normalized spacial score (nSPS) is 16.4. The zero-order chi connectivity index (χ0) is 13.0. The molecule has 1 fully saturated rings. The molecule has 0 unspecified atom stereocenters. The van der Waals surface area contributed by atoms with Gasteiger partial charge in [-0.25, -0.2) is 0 Å². The fraction of sp³-hybridized carbons (Fsp3) is 0.455. The van der Waals surface area contributed by atoms with E-state index in [2.05, 4.69) is 5.32 Å². The molecule has 6 nitrogen and oxygen atoms in total. The van der Waals surface area contributed by atoms with Crippen LogP contribution < -0.4 is 11.1 Å². The Hall–Kier alpha value is -1.44. The predicted molar refractivity (Wildman–Crippen MR) is 68.7 cm³/mol. The predicted octanol–water partition coefficient (Wildman–Crippen LogP) is 0.118. The second kappa shape index (κ2) is 5.94. The quantitative estimate of drug-likeness (QED) is 0.813. The van der Waals surface area contributed by atoms with E-state index in [-0.39, 0.29) is 5.91 Å². The van der Waals surface area contributed by atoms with E-state index in [4.69, 9.17) is 10.5 Å². The highest BCUT2D eigenvalue weighted by Gasteiger charge is 2.16. The Morgan fingerprint density at radius 1 is 1.44 bits per heavy atom. The number of primary amides is 1. The molecule has 0 aromatic carbocycles. The van der Waals surface area contributed by atoms with Gasteiger partial charge in [0, 0.05) is 13.1 Å². The minimum absolute atomic E-state index is 0.137. The maximum Gasteiger partial charge on any atom is 0.251 e. The van der Waals surface area contributed by atoms with Crippen molar-refractivity contribution < 1.29 is 14.3 Å². The van der Waals surface area contributed by atoms with Gasteiger partial charge in [0.05, 0.1) is 25.3 Å². The second-order valence-electron chi connectivity index (χ2n) is 3.96. The van der Waals surface area contributed by atoms with Crippen LogP contribution in [0.5, 0.6) is 0 Å². The molecular formula is C11H15N3O3S. The molecule has 0 bridgehead atoms. The number of rotatable bonds is 4. The van der Waals surface area contributed by atoms with Gasteiger partial charge in [0.25, 0.3) is 5.91 Å². The summed E-state index contributed by atoms with van der Waals surface area (Å²) in [5.74, 6) is -0.667. The molecule has 2 rings (SSSR count). The molecule has 98 valence electrons. The summed E-state index contributed by atoms with van der Waals surface area (Å²) in [6.45, 7) is 3.11. The van der Waals surface area contributed by atoms with Crippen molar-refractivity contribution in [3.63, 3.8) is 0 Å². The summed E-state index contributed by atoms with van der Waals surface area (Å²) in [4.78, 5) is 24.9. The zero-order valence-corrected chi connectivity index (χ0v) is 10.7. The smallest absolute Gasteiger partial charge is 0.251 e. The third-order valence-electron chi connectivity index (χ3n) is 2.65. The first kappa shape index (κ1) is 13.0. The van der Waals surface area contributed by atoms with Crippen LogP contribution in [0.1, 0.15) is 10.4 Å². The first-order valence-corrected chi connectivity index (χ1v) is 6.52. The molecule has 2 heterocycles. The molecule has 0 radical (unpaired) electrons. The Morgan fingerprint density at radius 3 is 2.83 bits per heavy atom. The lowest BCUT2D eigenvalue weighted by molar-refractivity contribution is -0.118. The maximum absolute atomic E-state index is 11.8. The van der Waals surface area contributed by atoms with E-state index in [9.17, 15) is 9.59 Å². The topological polar surface area (TPSA) is 84.7 Å². The minimum Gasteiger partial charge on any atom is -0.379 e. The first-order valence-electron chi connectivity index (χ1n) is 5.64. The summed E-state index contributed by atoms with van der Waals surface area (Å²) in [7, 11) is 0.